The highest BCUT2D eigenvalue weighted by Gasteiger charge is 2.07. The number of hydrogen-bond donors (Lipinski definition) is 2. The van der Waals surface area contributed by atoms with E-state index >= 15 is 0 Å². The molecule has 1 aromatic carbocycles. The molecule has 1 aromatic heterocycles. The molecule has 0 fully saturated rings. The van der Waals surface area contributed by atoms with Crippen molar-refractivity contribution in [2.45, 2.75) is 33.2 Å². The Bertz CT molecular complexity index is 623. The molecule has 6 heteroatoms. The van der Waals surface area contributed by atoms with Crippen LogP contribution in [-0.2, 0) is 6.54 Å². The standard InChI is InChI=1S/C18H26N4O2/c1-4-19-18(20-10-11-23-15-8-6-5-7-9-15)21-13-16-12-17(14(2)3)22-24-16/h5-9,12,14H,4,10-11,13H2,1-3H3,(H2,19,20,21). The van der Waals surface area contributed by atoms with Gasteiger partial charge in [0.15, 0.2) is 11.7 Å². The normalized spacial score (nSPS) is 11.6. The van der Waals surface area contributed by atoms with Crippen molar-refractivity contribution in [3.63, 3.8) is 0 Å². The average molecular weight is 330 g/mol. The fourth-order valence-electron chi connectivity index (χ4n) is 2.03. The SMILES string of the molecule is CCNC(=NCc1cc(C(C)C)no1)NCCOc1ccccc1. The van der Waals surface area contributed by atoms with Gasteiger partial charge in [-0.05, 0) is 25.0 Å². The van der Waals surface area contributed by atoms with Crippen molar-refractivity contribution in [2.75, 3.05) is 19.7 Å². The zero-order valence-corrected chi connectivity index (χ0v) is 14.6. The van der Waals surface area contributed by atoms with E-state index in [1.807, 2.05) is 43.3 Å². The molecule has 0 aliphatic heterocycles. The van der Waals surface area contributed by atoms with Crippen LogP contribution in [0, 0.1) is 0 Å². The van der Waals surface area contributed by atoms with Gasteiger partial charge in [0.05, 0.1) is 12.2 Å². The van der Waals surface area contributed by atoms with Gasteiger partial charge < -0.3 is 19.9 Å². The maximum Gasteiger partial charge on any atom is 0.191 e. The number of nitrogens with zero attached hydrogens (tertiary/aromatic N) is 2. The molecule has 0 spiro atoms. The van der Waals surface area contributed by atoms with Crippen LogP contribution in [0.5, 0.6) is 5.75 Å². The third-order valence-electron chi connectivity index (χ3n) is 3.31. The number of ether oxygens (including phenoxy) is 1. The highest BCUT2D eigenvalue weighted by atomic mass is 16.5. The first-order valence-corrected chi connectivity index (χ1v) is 8.34. The molecule has 2 N–H and O–H groups in total. The Hall–Kier alpha value is -2.50. The van der Waals surface area contributed by atoms with Gasteiger partial charge in [-0.1, -0.05) is 37.2 Å². The molecule has 130 valence electrons. The van der Waals surface area contributed by atoms with Crippen LogP contribution in [0.3, 0.4) is 0 Å². The van der Waals surface area contributed by atoms with Gasteiger partial charge >= 0.3 is 0 Å². The summed E-state index contributed by atoms with van der Waals surface area (Å²) in [5, 5.41) is 10.5. The minimum atomic E-state index is 0.355. The predicted octanol–water partition coefficient (Wildman–Crippen LogP) is 2.93. The Morgan fingerprint density at radius 1 is 1.25 bits per heavy atom. The van der Waals surface area contributed by atoms with E-state index in [-0.39, 0.29) is 0 Å². The summed E-state index contributed by atoms with van der Waals surface area (Å²) < 4.78 is 11.0. The molecule has 0 bridgehead atoms. The van der Waals surface area contributed by atoms with Gasteiger partial charge in [-0.3, -0.25) is 0 Å². The highest BCUT2D eigenvalue weighted by molar-refractivity contribution is 5.79. The van der Waals surface area contributed by atoms with E-state index in [9.17, 15) is 0 Å². The van der Waals surface area contributed by atoms with Crippen molar-refractivity contribution in [1.82, 2.24) is 15.8 Å². The molecule has 0 aliphatic rings. The summed E-state index contributed by atoms with van der Waals surface area (Å²) in [7, 11) is 0. The Labute approximate surface area is 143 Å². The Kier molecular flexibility index (Phi) is 7.14. The van der Waals surface area contributed by atoms with Crippen molar-refractivity contribution >= 4 is 5.96 Å². The molecular weight excluding hydrogens is 304 g/mol. The number of nitrogens with one attached hydrogen (secondary N) is 2. The zero-order valence-electron chi connectivity index (χ0n) is 14.6. The minimum absolute atomic E-state index is 0.355. The summed E-state index contributed by atoms with van der Waals surface area (Å²) in [6.07, 6.45) is 0. The van der Waals surface area contributed by atoms with Crippen LogP contribution in [0.25, 0.3) is 0 Å². The van der Waals surface area contributed by atoms with E-state index < -0.39 is 0 Å². The summed E-state index contributed by atoms with van der Waals surface area (Å²) in [6.45, 7) is 8.67. The van der Waals surface area contributed by atoms with E-state index in [2.05, 4.69) is 34.6 Å². The van der Waals surface area contributed by atoms with Crippen LogP contribution in [0.1, 0.15) is 38.1 Å². The molecule has 0 saturated heterocycles. The maximum atomic E-state index is 5.65. The fraction of sp³-hybridized carbons (Fsp3) is 0.444. The summed E-state index contributed by atoms with van der Waals surface area (Å²) in [5.74, 6) is 2.71. The van der Waals surface area contributed by atoms with Gasteiger partial charge in [0.2, 0.25) is 0 Å². The van der Waals surface area contributed by atoms with Gasteiger partial charge in [0, 0.05) is 12.6 Å². The topological polar surface area (TPSA) is 71.7 Å². The quantitative estimate of drug-likeness (QED) is 0.442. The molecule has 0 unspecified atom stereocenters. The molecule has 6 nitrogen and oxygen atoms in total. The van der Waals surface area contributed by atoms with Crippen molar-refractivity contribution < 1.29 is 9.26 Å². The smallest absolute Gasteiger partial charge is 0.191 e. The van der Waals surface area contributed by atoms with E-state index in [0.717, 1.165) is 29.7 Å². The van der Waals surface area contributed by atoms with Crippen LogP contribution >= 0.6 is 0 Å². The molecule has 24 heavy (non-hydrogen) atoms. The summed E-state index contributed by atoms with van der Waals surface area (Å²) >= 11 is 0. The molecule has 1 heterocycles. The van der Waals surface area contributed by atoms with Crippen molar-refractivity contribution in [3.8, 4) is 5.75 Å². The largest absolute Gasteiger partial charge is 0.492 e. The minimum Gasteiger partial charge on any atom is -0.492 e. The first-order chi connectivity index (χ1) is 11.7. The fourth-order valence-corrected chi connectivity index (χ4v) is 2.03. The molecule has 0 saturated carbocycles. The lowest BCUT2D eigenvalue weighted by molar-refractivity contribution is 0.322. The second-order valence-electron chi connectivity index (χ2n) is 5.66. The van der Waals surface area contributed by atoms with Crippen LogP contribution in [0.15, 0.2) is 45.9 Å². The van der Waals surface area contributed by atoms with E-state index in [1.165, 1.54) is 0 Å². The van der Waals surface area contributed by atoms with Gasteiger partial charge in [-0.2, -0.15) is 0 Å². The highest BCUT2D eigenvalue weighted by Crippen LogP contribution is 2.14. The number of hydrogen-bond acceptors (Lipinski definition) is 4. The number of para-hydroxylation sites is 1. The lowest BCUT2D eigenvalue weighted by Crippen LogP contribution is -2.39. The molecule has 0 atom stereocenters. The molecule has 0 aliphatic carbocycles. The van der Waals surface area contributed by atoms with Gasteiger partial charge in [0.1, 0.15) is 18.9 Å². The van der Waals surface area contributed by atoms with Crippen molar-refractivity contribution in [3.05, 3.63) is 47.9 Å². The summed E-state index contributed by atoms with van der Waals surface area (Å²) in [4.78, 5) is 4.51. The number of aromatic nitrogens is 1. The van der Waals surface area contributed by atoms with Crippen molar-refractivity contribution in [2.24, 2.45) is 4.99 Å². The number of aliphatic imine (C=N–C) groups is 1. The van der Waals surface area contributed by atoms with E-state index in [4.69, 9.17) is 9.26 Å². The molecular formula is C18H26N4O2. The maximum absolute atomic E-state index is 5.65. The zero-order chi connectivity index (χ0) is 17.2. The van der Waals surface area contributed by atoms with Crippen LogP contribution in [0.4, 0.5) is 0 Å². The van der Waals surface area contributed by atoms with Gasteiger partial charge in [-0.25, -0.2) is 4.99 Å². The summed E-state index contributed by atoms with van der Waals surface area (Å²) in [6, 6.07) is 11.7. The van der Waals surface area contributed by atoms with Crippen LogP contribution < -0.4 is 15.4 Å². The molecule has 0 radical (unpaired) electrons. The number of benzene rings is 1. The Morgan fingerprint density at radius 3 is 2.71 bits per heavy atom. The first kappa shape index (κ1) is 17.8. The third-order valence-corrected chi connectivity index (χ3v) is 3.31. The lowest BCUT2D eigenvalue weighted by atomic mass is 10.1. The lowest BCUT2D eigenvalue weighted by Gasteiger charge is -2.11. The Morgan fingerprint density at radius 2 is 2.04 bits per heavy atom. The van der Waals surface area contributed by atoms with Crippen molar-refractivity contribution in [1.29, 1.82) is 0 Å². The number of rotatable bonds is 8. The van der Waals surface area contributed by atoms with E-state index in [0.29, 0.717) is 25.6 Å². The third kappa shape index (κ3) is 5.95. The van der Waals surface area contributed by atoms with Gasteiger partial charge in [0.25, 0.3) is 0 Å². The average Bonchev–Trinajstić information content (AvgIpc) is 3.06. The van der Waals surface area contributed by atoms with Crippen LogP contribution in [-0.4, -0.2) is 30.8 Å². The van der Waals surface area contributed by atoms with E-state index in [1.54, 1.807) is 0 Å². The Balaban J connectivity index is 1.79. The first-order valence-electron chi connectivity index (χ1n) is 8.34. The molecule has 2 aromatic rings. The second kappa shape index (κ2) is 9.60. The predicted molar refractivity (Wildman–Crippen MR) is 95.3 cm³/mol. The molecule has 0 amide bonds. The monoisotopic (exact) mass is 330 g/mol. The second-order valence-corrected chi connectivity index (χ2v) is 5.66. The number of guanidine groups is 1. The van der Waals surface area contributed by atoms with Crippen LogP contribution in [0.2, 0.25) is 0 Å². The summed E-state index contributed by atoms with van der Waals surface area (Å²) in [5.41, 5.74) is 0.953. The molecule has 2 rings (SSSR count). The van der Waals surface area contributed by atoms with Gasteiger partial charge in [-0.15, -0.1) is 0 Å².